The molecule has 2 heterocycles. The lowest BCUT2D eigenvalue weighted by molar-refractivity contribution is -0.0405. The van der Waals surface area contributed by atoms with Crippen molar-refractivity contribution in [1.29, 1.82) is 0 Å². The molecule has 0 aliphatic carbocycles. The zero-order chi connectivity index (χ0) is 22.0. The van der Waals surface area contributed by atoms with E-state index in [2.05, 4.69) is 15.5 Å². The highest BCUT2D eigenvalue weighted by molar-refractivity contribution is 7.82. The minimum atomic E-state index is -2.70. The molecule has 11 heteroatoms. The number of nitrogens with zero attached hydrogens (tertiary/aromatic N) is 3. The van der Waals surface area contributed by atoms with Gasteiger partial charge in [-0.25, -0.2) is 17.3 Å². The molecule has 1 aliphatic rings. The molecule has 7 nitrogen and oxygen atoms in total. The summed E-state index contributed by atoms with van der Waals surface area (Å²) >= 11 is 5.85. The summed E-state index contributed by atoms with van der Waals surface area (Å²) in [5.41, 5.74) is 0.942. The smallest absolute Gasteiger partial charge is 0.322 e. The first-order chi connectivity index (χ1) is 14.8. The van der Waals surface area contributed by atoms with Crippen molar-refractivity contribution in [1.82, 2.24) is 14.5 Å². The Morgan fingerprint density at radius 3 is 2.35 bits per heavy atom. The summed E-state index contributed by atoms with van der Waals surface area (Å²) in [6.07, 6.45) is -0.636. The third-order valence-electron chi connectivity index (χ3n) is 4.74. The lowest BCUT2D eigenvalue weighted by Gasteiger charge is -2.30. The molecule has 3 aromatic rings. The topological polar surface area (TPSA) is 88.3 Å². The van der Waals surface area contributed by atoms with E-state index in [1.807, 2.05) is 0 Å². The van der Waals surface area contributed by atoms with Gasteiger partial charge in [0.2, 0.25) is 5.89 Å². The number of aromatic nitrogens is 2. The number of benzene rings is 2. The molecule has 0 spiro atoms. The van der Waals surface area contributed by atoms with E-state index in [4.69, 9.17) is 16.0 Å². The van der Waals surface area contributed by atoms with Gasteiger partial charge in [0, 0.05) is 42.1 Å². The van der Waals surface area contributed by atoms with Crippen LogP contribution in [0.5, 0.6) is 0 Å². The molecule has 1 N–H and O–H groups in total. The van der Waals surface area contributed by atoms with Crippen molar-refractivity contribution in [3.8, 4) is 11.5 Å². The molecule has 1 amide bonds. The van der Waals surface area contributed by atoms with Crippen LogP contribution in [0.15, 0.2) is 57.8 Å². The minimum absolute atomic E-state index is 0.0506. The van der Waals surface area contributed by atoms with Crippen LogP contribution < -0.4 is 5.32 Å². The summed E-state index contributed by atoms with van der Waals surface area (Å²) in [6.45, 7) is 0.101. The predicted molar refractivity (Wildman–Crippen MR) is 111 cm³/mol. The molecule has 0 radical (unpaired) electrons. The van der Waals surface area contributed by atoms with Crippen LogP contribution in [0.3, 0.4) is 0 Å². The van der Waals surface area contributed by atoms with E-state index in [1.165, 1.54) is 28.6 Å². The van der Waals surface area contributed by atoms with Gasteiger partial charge in [0.25, 0.3) is 11.8 Å². The summed E-state index contributed by atoms with van der Waals surface area (Å²) in [7, 11) is -1.56. The van der Waals surface area contributed by atoms with Crippen LogP contribution in [0.4, 0.5) is 14.8 Å². The maximum atomic E-state index is 13.3. The highest BCUT2D eigenvalue weighted by Crippen LogP contribution is 2.29. The van der Waals surface area contributed by atoms with Gasteiger partial charge < -0.3 is 4.42 Å². The molecule has 0 bridgehead atoms. The van der Waals surface area contributed by atoms with Crippen molar-refractivity contribution in [2.45, 2.75) is 23.7 Å². The van der Waals surface area contributed by atoms with Crippen molar-refractivity contribution in [2.75, 3.05) is 18.4 Å². The van der Waals surface area contributed by atoms with E-state index in [-0.39, 0.29) is 43.4 Å². The van der Waals surface area contributed by atoms with E-state index >= 15 is 0 Å². The number of rotatable bonds is 5. The third-order valence-corrected chi connectivity index (χ3v) is 6.50. The monoisotopic (exact) mass is 466 g/mol. The summed E-state index contributed by atoms with van der Waals surface area (Å²) in [4.78, 5) is 12.9. The molecule has 4 rings (SSSR count). The number of nitrogens with one attached hydrogen (secondary N) is 1. The Morgan fingerprint density at radius 1 is 1.06 bits per heavy atom. The first-order valence-corrected chi connectivity index (χ1v) is 10.8. The Morgan fingerprint density at radius 2 is 1.71 bits per heavy atom. The highest BCUT2D eigenvalue weighted by atomic mass is 35.5. The van der Waals surface area contributed by atoms with E-state index in [0.717, 1.165) is 0 Å². The van der Waals surface area contributed by atoms with Crippen molar-refractivity contribution >= 4 is 34.5 Å². The number of hydrogen-bond donors (Lipinski definition) is 1. The summed E-state index contributed by atoms with van der Waals surface area (Å²) < 4.78 is 46.1. The van der Waals surface area contributed by atoms with Gasteiger partial charge in [-0.1, -0.05) is 16.7 Å². The summed E-state index contributed by atoms with van der Waals surface area (Å²) in [5, 5.41) is 10.8. The van der Waals surface area contributed by atoms with Crippen LogP contribution in [0.2, 0.25) is 5.02 Å². The van der Waals surface area contributed by atoms with Crippen molar-refractivity contribution in [3.63, 3.8) is 0 Å². The molecule has 2 aromatic carbocycles. The zero-order valence-electron chi connectivity index (χ0n) is 16.1. The fourth-order valence-corrected chi connectivity index (χ4v) is 4.31. The molecule has 31 heavy (non-hydrogen) atoms. The molecule has 1 aromatic heterocycles. The number of carbonyl (C=O) groups is 1. The van der Waals surface area contributed by atoms with Crippen molar-refractivity contribution in [2.24, 2.45) is 0 Å². The number of hydrogen-bond acceptors (Lipinski definition) is 5. The van der Waals surface area contributed by atoms with Crippen LogP contribution >= 0.6 is 11.6 Å². The van der Waals surface area contributed by atoms with Crippen LogP contribution in [0, 0.1) is 0 Å². The molecular weight excluding hydrogens is 450 g/mol. The Hall–Kier alpha value is -2.69. The van der Waals surface area contributed by atoms with E-state index in [1.54, 1.807) is 24.3 Å². The fraction of sp³-hybridized carbons (Fsp3) is 0.250. The Kier molecular flexibility index (Phi) is 6.12. The molecule has 1 atom stereocenters. The average molecular weight is 467 g/mol. The van der Waals surface area contributed by atoms with E-state index < -0.39 is 22.8 Å². The number of halogens is 3. The van der Waals surface area contributed by atoms with Gasteiger partial charge >= 0.3 is 6.01 Å². The maximum absolute atomic E-state index is 13.3. The van der Waals surface area contributed by atoms with E-state index in [0.29, 0.717) is 15.5 Å². The van der Waals surface area contributed by atoms with Gasteiger partial charge in [-0.05, 0) is 48.5 Å². The average Bonchev–Trinajstić information content (AvgIpc) is 3.22. The number of alkyl halides is 2. The van der Waals surface area contributed by atoms with Gasteiger partial charge in [0.05, 0.1) is 4.90 Å². The zero-order valence-corrected chi connectivity index (χ0v) is 17.6. The lowest BCUT2D eigenvalue weighted by atomic mass is 10.1. The Labute approximate surface area is 184 Å². The van der Waals surface area contributed by atoms with E-state index in [9.17, 15) is 17.8 Å². The molecule has 0 saturated carbocycles. The minimum Gasteiger partial charge on any atom is -0.403 e. The quantitative estimate of drug-likeness (QED) is 0.602. The van der Waals surface area contributed by atoms with Crippen LogP contribution in [0.1, 0.15) is 23.2 Å². The Balaban J connectivity index is 1.38. The number of amides is 1. The van der Waals surface area contributed by atoms with Gasteiger partial charge in [-0.2, -0.15) is 0 Å². The first kappa shape index (κ1) is 21.5. The normalized spacial score (nSPS) is 17.3. The van der Waals surface area contributed by atoms with Gasteiger partial charge in [-0.15, -0.1) is 5.10 Å². The maximum Gasteiger partial charge on any atom is 0.322 e. The largest absolute Gasteiger partial charge is 0.403 e. The number of anilines is 1. The summed E-state index contributed by atoms with van der Waals surface area (Å²) in [5.74, 6) is -2.96. The molecular formula is C20H17ClF2N4O3S. The lowest BCUT2D eigenvalue weighted by Crippen LogP contribution is -2.40. The van der Waals surface area contributed by atoms with Crippen molar-refractivity contribution in [3.05, 3.63) is 59.1 Å². The van der Waals surface area contributed by atoms with Crippen LogP contribution in [0.25, 0.3) is 11.5 Å². The fourth-order valence-electron chi connectivity index (χ4n) is 3.00. The SMILES string of the molecule is O=C(Nc1nnc(-c2ccc(Cl)cc2)o1)c1ccc(S(=O)N2CCC(F)(F)CC2)cc1. The Bertz CT molecular complexity index is 1100. The first-order valence-electron chi connectivity index (χ1n) is 9.36. The molecule has 1 aliphatic heterocycles. The molecule has 1 unspecified atom stereocenters. The number of carbonyl (C=O) groups excluding carboxylic acids is 1. The summed E-state index contributed by atoms with van der Waals surface area (Å²) in [6, 6.07) is 12.8. The van der Waals surface area contributed by atoms with Gasteiger partial charge in [0.15, 0.2) is 0 Å². The van der Waals surface area contributed by atoms with Crippen molar-refractivity contribution < 1.29 is 22.2 Å². The second-order valence-electron chi connectivity index (χ2n) is 6.93. The predicted octanol–water partition coefficient (Wildman–Crippen LogP) is 4.40. The van der Waals surface area contributed by atoms with Gasteiger partial charge in [0.1, 0.15) is 11.0 Å². The standard InChI is InChI=1S/C20H17ClF2N4O3S/c21-15-5-1-14(2-6-15)18-25-26-19(30-18)24-17(28)13-3-7-16(8-4-13)31(29)27-11-9-20(22,23)10-12-27/h1-8H,9-12H2,(H,24,26,28). The molecule has 162 valence electrons. The van der Waals surface area contributed by atoms with Crippen LogP contribution in [-0.2, 0) is 11.0 Å². The molecule has 1 saturated heterocycles. The van der Waals surface area contributed by atoms with Crippen LogP contribution in [-0.4, -0.2) is 43.6 Å². The second-order valence-corrected chi connectivity index (χ2v) is 8.85. The van der Waals surface area contributed by atoms with Gasteiger partial charge in [-0.3, -0.25) is 10.1 Å². The second kappa shape index (κ2) is 8.81. The third kappa shape index (κ3) is 5.15. The number of piperidine rings is 1. The molecule has 1 fully saturated rings. The highest BCUT2D eigenvalue weighted by Gasteiger charge is 2.35.